The molecule has 6 heteroatoms. The minimum absolute atomic E-state index is 0.378. The molecule has 0 unspecified atom stereocenters. The molecule has 4 rings (SSSR count). The summed E-state index contributed by atoms with van der Waals surface area (Å²) in [6, 6.07) is 5.55. The van der Waals surface area contributed by atoms with Gasteiger partial charge in [0.2, 0.25) is 0 Å². The Morgan fingerprint density at radius 3 is 2.31 bits per heavy atom. The van der Waals surface area contributed by atoms with Crippen LogP contribution in [-0.4, -0.2) is 37.2 Å². The molecule has 1 saturated heterocycles. The van der Waals surface area contributed by atoms with E-state index in [-0.39, 0.29) is 0 Å². The standard InChI is InChI=1S/C26H31Cl2N3O/c1-18(17-32)25(29-19(2)30(3)23-10-6-9-22(27)24(23)28)31-13-11-26(12-14-31)15-20-7-4-5-8-21(20)16-26/h6-10,17H,4-5,11-16H2,1-3H3/b25-18+,29-19?. The van der Waals surface area contributed by atoms with Crippen LogP contribution in [0.5, 0.6) is 0 Å². The van der Waals surface area contributed by atoms with Crippen LogP contribution in [0.4, 0.5) is 5.69 Å². The number of likely N-dealkylation sites (tertiary alicyclic amines) is 1. The van der Waals surface area contributed by atoms with E-state index in [0.29, 0.717) is 21.0 Å². The van der Waals surface area contributed by atoms with E-state index in [1.807, 2.05) is 37.9 Å². The molecule has 2 fully saturated rings. The Morgan fingerprint density at radius 2 is 1.72 bits per heavy atom. The number of amidine groups is 1. The normalized spacial score (nSPS) is 21.0. The van der Waals surface area contributed by atoms with Gasteiger partial charge in [0.05, 0.1) is 15.7 Å². The summed E-state index contributed by atoms with van der Waals surface area (Å²) in [7, 11) is 1.91. The van der Waals surface area contributed by atoms with Crippen molar-refractivity contribution in [1.82, 2.24) is 4.90 Å². The first-order valence-electron chi connectivity index (χ1n) is 11.4. The van der Waals surface area contributed by atoms with Gasteiger partial charge in [-0.1, -0.05) is 41.4 Å². The van der Waals surface area contributed by atoms with Crippen LogP contribution in [0.2, 0.25) is 10.0 Å². The molecule has 170 valence electrons. The van der Waals surface area contributed by atoms with E-state index in [9.17, 15) is 4.79 Å². The first-order chi connectivity index (χ1) is 15.3. The maximum absolute atomic E-state index is 11.7. The summed E-state index contributed by atoms with van der Waals surface area (Å²) in [5.41, 5.74) is 4.98. The molecule has 1 aromatic carbocycles. The molecule has 1 saturated carbocycles. The molecule has 0 aromatic heterocycles. The summed E-state index contributed by atoms with van der Waals surface area (Å²) in [6.07, 6.45) is 12.8. The number of allylic oxidation sites excluding steroid dienone is 5. The van der Waals surface area contributed by atoms with E-state index in [2.05, 4.69) is 17.1 Å². The van der Waals surface area contributed by atoms with Gasteiger partial charge in [-0.15, -0.1) is 0 Å². The fraction of sp³-hybridized carbons (Fsp3) is 0.462. The molecular weight excluding hydrogens is 441 g/mol. The monoisotopic (exact) mass is 471 g/mol. The molecule has 1 aliphatic heterocycles. The highest BCUT2D eigenvalue weighted by Crippen LogP contribution is 2.52. The van der Waals surface area contributed by atoms with Crippen molar-refractivity contribution in [2.45, 2.75) is 52.4 Å². The summed E-state index contributed by atoms with van der Waals surface area (Å²) < 4.78 is 0. The number of fused-ring (bicyclic) bond motifs is 1. The molecule has 0 radical (unpaired) electrons. The number of halogens is 2. The van der Waals surface area contributed by atoms with Crippen molar-refractivity contribution >= 4 is 41.0 Å². The summed E-state index contributed by atoms with van der Waals surface area (Å²) in [5.74, 6) is 1.51. The lowest BCUT2D eigenvalue weighted by Crippen LogP contribution is -2.39. The van der Waals surface area contributed by atoms with Crippen molar-refractivity contribution in [3.05, 3.63) is 62.9 Å². The highest BCUT2D eigenvalue weighted by Gasteiger charge is 2.42. The largest absolute Gasteiger partial charge is 0.356 e. The first-order valence-corrected chi connectivity index (χ1v) is 12.1. The van der Waals surface area contributed by atoms with Gasteiger partial charge in [-0.05, 0) is 81.1 Å². The Bertz CT molecular complexity index is 1010. The Morgan fingerprint density at radius 1 is 1.09 bits per heavy atom. The molecule has 3 aliphatic rings. The lowest BCUT2D eigenvalue weighted by molar-refractivity contribution is -0.105. The molecule has 0 atom stereocenters. The van der Waals surface area contributed by atoms with Crippen LogP contribution >= 0.6 is 23.2 Å². The highest BCUT2D eigenvalue weighted by atomic mass is 35.5. The third-order valence-corrected chi connectivity index (χ3v) is 8.00. The van der Waals surface area contributed by atoms with Crippen LogP contribution in [0.3, 0.4) is 0 Å². The van der Waals surface area contributed by atoms with Gasteiger partial charge in [-0.25, -0.2) is 4.99 Å². The number of hydrogen-bond acceptors (Lipinski definition) is 3. The molecule has 0 amide bonds. The molecule has 1 spiro atoms. The second-order valence-corrected chi connectivity index (χ2v) is 10.1. The average Bonchev–Trinajstić information content (AvgIpc) is 3.16. The number of piperidine rings is 1. The van der Waals surface area contributed by atoms with Crippen LogP contribution < -0.4 is 4.90 Å². The zero-order valence-corrected chi connectivity index (χ0v) is 20.6. The van der Waals surface area contributed by atoms with Crippen molar-refractivity contribution in [1.29, 1.82) is 0 Å². The molecular formula is C26H31Cl2N3O. The van der Waals surface area contributed by atoms with E-state index in [4.69, 9.17) is 28.2 Å². The van der Waals surface area contributed by atoms with E-state index >= 15 is 0 Å². The third kappa shape index (κ3) is 4.53. The van der Waals surface area contributed by atoms with E-state index < -0.39 is 0 Å². The van der Waals surface area contributed by atoms with Crippen molar-refractivity contribution in [2.24, 2.45) is 10.4 Å². The van der Waals surface area contributed by atoms with Crippen molar-refractivity contribution in [2.75, 3.05) is 25.0 Å². The highest BCUT2D eigenvalue weighted by molar-refractivity contribution is 6.44. The number of anilines is 1. The van der Waals surface area contributed by atoms with Gasteiger partial charge in [-0.2, -0.15) is 0 Å². The zero-order chi connectivity index (χ0) is 22.9. The molecule has 2 aliphatic carbocycles. The molecule has 0 bridgehead atoms. The number of benzene rings is 1. The topological polar surface area (TPSA) is 35.9 Å². The summed E-state index contributed by atoms with van der Waals surface area (Å²) in [4.78, 5) is 20.8. The van der Waals surface area contributed by atoms with Crippen LogP contribution in [0.25, 0.3) is 0 Å². The summed E-state index contributed by atoms with van der Waals surface area (Å²) in [6.45, 7) is 5.61. The second kappa shape index (κ2) is 9.44. The predicted molar refractivity (Wildman–Crippen MR) is 135 cm³/mol. The summed E-state index contributed by atoms with van der Waals surface area (Å²) in [5, 5.41) is 1.00. The minimum Gasteiger partial charge on any atom is -0.356 e. The van der Waals surface area contributed by atoms with Gasteiger partial charge in [0.15, 0.2) is 0 Å². The van der Waals surface area contributed by atoms with Gasteiger partial charge in [0.25, 0.3) is 0 Å². The molecule has 1 heterocycles. The van der Waals surface area contributed by atoms with Gasteiger partial charge >= 0.3 is 0 Å². The lowest BCUT2D eigenvalue weighted by atomic mass is 9.76. The second-order valence-electron chi connectivity index (χ2n) is 9.29. The lowest BCUT2D eigenvalue weighted by Gasteiger charge is -2.40. The number of carbonyl (C=O) groups is 1. The third-order valence-electron chi connectivity index (χ3n) is 7.19. The van der Waals surface area contributed by atoms with Crippen molar-refractivity contribution in [3.63, 3.8) is 0 Å². The van der Waals surface area contributed by atoms with E-state index in [1.54, 1.807) is 17.2 Å². The fourth-order valence-electron chi connectivity index (χ4n) is 5.18. The Labute approximate surface area is 201 Å². The zero-order valence-electron chi connectivity index (χ0n) is 19.1. The molecule has 4 nitrogen and oxygen atoms in total. The van der Waals surface area contributed by atoms with Crippen molar-refractivity contribution in [3.8, 4) is 0 Å². The maximum atomic E-state index is 11.7. The Balaban J connectivity index is 1.53. The first kappa shape index (κ1) is 23.1. The van der Waals surface area contributed by atoms with Gasteiger partial charge in [0.1, 0.15) is 17.9 Å². The number of nitrogens with zero attached hydrogens (tertiary/aromatic N) is 3. The molecule has 32 heavy (non-hydrogen) atoms. The van der Waals surface area contributed by atoms with E-state index in [0.717, 1.165) is 49.6 Å². The maximum Gasteiger partial charge on any atom is 0.149 e. The van der Waals surface area contributed by atoms with Crippen LogP contribution in [0.15, 0.2) is 57.9 Å². The van der Waals surface area contributed by atoms with Gasteiger partial charge in [0, 0.05) is 25.7 Å². The summed E-state index contributed by atoms with van der Waals surface area (Å²) >= 11 is 12.6. The number of carbonyl (C=O) groups excluding carboxylic acids is 1. The van der Waals surface area contributed by atoms with Crippen LogP contribution in [0, 0.1) is 5.41 Å². The van der Waals surface area contributed by atoms with Crippen molar-refractivity contribution < 1.29 is 4.79 Å². The smallest absolute Gasteiger partial charge is 0.149 e. The quantitative estimate of drug-likeness (QED) is 0.209. The fourth-order valence-corrected chi connectivity index (χ4v) is 5.60. The van der Waals surface area contributed by atoms with Crippen LogP contribution in [-0.2, 0) is 4.79 Å². The van der Waals surface area contributed by atoms with Gasteiger partial charge in [-0.3, -0.25) is 4.79 Å². The number of aliphatic imine (C=N–C) groups is 1. The number of aldehydes is 1. The van der Waals surface area contributed by atoms with Gasteiger partial charge < -0.3 is 9.80 Å². The molecule has 1 aromatic rings. The Hall–Kier alpha value is -2.04. The predicted octanol–water partition coefficient (Wildman–Crippen LogP) is 6.80. The minimum atomic E-state index is 0.378. The van der Waals surface area contributed by atoms with E-state index in [1.165, 1.54) is 25.7 Å². The average molecular weight is 472 g/mol. The van der Waals surface area contributed by atoms with Crippen LogP contribution in [0.1, 0.15) is 52.4 Å². The number of hydrogen-bond donors (Lipinski definition) is 0. The Kier molecular flexibility index (Phi) is 6.83. The SMILES string of the molecule is CC(=N/C(=C(/C)C=O)N1CCC2(CC1)CC1=CCCC=C1C2)N(C)c1cccc(Cl)c1Cl. The molecule has 0 N–H and O–H groups in total. The number of rotatable bonds is 4.